The first-order valence-electron chi connectivity index (χ1n) is 6.39. The second kappa shape index (κ2) is 7.72. The van der Waals surface area contributed by atoms with E-state index in [0.29, 0.717) is 25.4 Å². The molecule has 0 amide bonds. The number of para-hydroxylation sites is 1. The van der Waals surface area contributed by atoms with E-state index in [2.05, 4.69) is 0 Å². The minimum atomic E-state index is -1.03. The maximum absolute atomic E-state index is 11.2. The van der Waals surface area contributed by atoms with Crippen LogP contribution >= 0.6 is 0 Å². The molecule has 20 heavy (non-hydrogen) atoms. The number of nitrogen functional groups attached to an aromatic ring is 1. The fourth-order valence-corrected chi connectivity index (χ4v) is 2.09. The molecule has 0 fully saturated rings. The Hall–Kier alpha value is -1.79. The van der Waals surface area contributed by atoms with Crippen molar-refractivity contribution in [3.8, 4) is 0 Å². The lowest BCUT2D eigenvalue weighted by Crippen LogP contribution is -2.39. The van der Waals surface area contributed by atoms with Gasteiger partial charge in [-0.15, -0.1) is 0 Å². The summed E-state index contributed by atoms with van der Waals surface area (Å²) in [7, 11) is 3.25. The predicted octanol–water partition coefficient (Wildman–Crippen LogP) is 1.45. The number of anilines is 2. The smallest absolute Gasteiger partial charge is 0.337 e. The molecule has 0 bridgehead atoms. The second-order valence-corrected chi connectivity index (χ2v) is 4.53. The topological polar surface area (TPSA) is 85.0 Å². The number of nitrogens with zero attached hydrogens (tertiary/aromatic N) is 1. The van der Waals surface area contributed by atoms with E-state index in [4.69, 9.17) is 20.3 Å². The molecule has 6 nitrogen and oxygen atoms in total. The quantitative estimate of drug-likeness (QED) is 0.702. The van der Waals surface area contributed by atoms with Crippen LogP contribution in [-0.4, -0.2) is 51.1 Å². The highest BCUT2D eigenvalue weighted by atomic mass is 16.5. The van der Waals surface area contributed by atoms with Gasteiger partial charge >= 0.3 is 5.97 Å². The highest BCUT2D eigenvalue weighted by Crippen LogP contribution is 2.28. The summed E-state index contributed by atoms with van der Waals surface area (Å²) in [5.41, 5.74) is 7.04. The van der Waals surface area contributed by atoms with Crippen LogP contribution in [0.1, 0.15) is 17.3 Å². The summed E-state index contributed by atoms with van der Waals surface area (Å²) >= 11 is 0. The minimum Gasteiger partial charge on any atom is -0.478 e. The third-order valence-corrected chi connectivity index (χ3v) is 3.10. The van der Waals surface area contributed by atoms with Crippen LogP contribution in [0.25, 0.3) is 0 Å². The average molecular weight is 282 g/mol. The average Bonchev–Trinajstić information content (AvgIpc) is 2.40. The molecule has 3 N–H and O–H groups in total. The van der Waals surface area contributed by atoms with Gasteiger partial charge in [-0.1, -0.05) is 6.07 Å². The summed E-state index contributed by atoms with van der Waals surface area (Å²) in [5, 5.41) is 9.14. The van der Waals surface area contributed by atoms with Crippen LogP contribution in [0.4, 0.5) is 11.4 Å². The Kier molecular flexibility index (Phi) is 6.27. The minimum absolute atomic E-state index is 0.0569. The zero-order valence-corrected chi connectivity index (χ0v) is 12.1. The molecule has 1 aromatic rings. The number of nitrogens with two attached hydrogens (primary N) is 1. The summed E-state index contributed by atoms with van der Waals surface area (Å²) in [6, 6.07) is 5.05. The van der Waals surface area contributed by atoms with Crippen molar-refractivity contribution >= 4 is 17.3 Å². The highest BCUT2D eigenvalue weighted by molar-refractivity contribution is 5.97. The van der Waals surface area contributed by atoms with Gasteiger partial charge in [0.1, 0.15) is 0 Å². The molecular weight excluding hydrogens is 260 g/mol. The van der Waals surface area contributed by atoms with Crippen molar-refractivity contribution in [3.05, 3.63) is 23.8 Å². The number of carboxylic acids is 1. The first kappa shape index (κ1) is 16.3. The molecular formula is C14H22N2O4. The number of hydrogen-bond acceptors (Lipinski definition) is 5. The van der Waals surface area contributed by atoms with E-state index in [0.717, 1.165) is 0 Å². The van der Waals surface area contributed by atoms with Crippen molar-refractivity contribution in [3.63, 3.8) is 0 Å². The van der Waals surface area contributed by atoms with E-state index in [1.165, 1.54) is 6.07 Å². The molecule has 0 aliphatic carbocycles. The molecule has 0 heterocycles. The monoisotopic (exact) mass is 282 g/mol. The van der Waals surface area contributed by atoms with Crippen LogP contribution in [0.5, 0.6) is 0 Å². The van der Waals surface area contributed by atoms with Crippen LogP contribution in [-0.2, 0) is 9.47 Å². The number of aromatic carboxylic acids is 1. The summed E-state index contributed by atoms with van der Waals surface area (Å²) in [5.74, 6) is -1.03. The largest absolute Gasteiger partial charge is 0.478 e. The number of carboxylic acid groups (broad SMARTS) is 1. The maximum atomic E-state index is 11.2. The number of ether oxygens (including phenoxy) is 2. The van der Waals surface area contributed by atoms with Gasteiger partial charge in [-0.05, 0) is 19.1 Å². The standard InChI is InChI=1S/C14H22N2O4/c1-10(9-20-3)16(7-8-19-2)12-6-4-5-11(13(12)15)14(17)18/h4-6,10H,7-9,15H2,1-3H3,(H,17,18). The van der Waals surface area contributed by atoms with E-state index >= 15 is 0 Å². The van der Waals surface area contributed by atoms with E-state index in [1.54, 1.807) is 20.3 Å². The Labute approximate surface area is 119 Å². The molecule has 0 radical (unpaired) electrons. The number of carbonyl (C=O) groups is 1. The van der Waals surface area contributed by atoms with Crippen molar-refractivity contribution in [2.24, 2.45) is 0 Å². The van der Waals surface area contributed by atoms with Crippen molar-refractivity contribution in [2.75, 3.05) is 44.6 Å². The van der Waals surface area contributed by atoms with Crippen LogP contribution in [0.15, 0.2) is 18.2 Å². The number of methoxy groups -OCH3 is 2. The van der Waals surface area contributed by atoms with Gasteiger partial charge in [0.05, 0.1) is 30.2 Å². The lowest BCUT2D eigenvalue weighted by atomic mass is 10.1. The SMILES string of the molecule is COCCN(c1cccc(C(=O)O)c1N)C(C)COC. The van der Waals surface area contributed by atoms with E-state index in [9.17, 15) is 4.79 Å². The molecule has 0 aromatic heterocycles. The predicted molar refractivity (Wildman–Crippen MR) is 78.4 cm³/mol. The van der Waals surface area contributed by atoms with Crippen molar-refractivity contribution in [1.82, 2.24) is 0 Å². The third kappa shape index (κ3) is 3.85. The number of hydrogen-bond donors (Lipinski definition) is 2. The number of benzene rings is 1. The van der Waals surface area contributed by atoms with Crippen LogP contribution < -0.4 is 10.6 Å². The van der Waals surface area contributed by atoms with Crippen LogP contribution in [0.3, 0.4) is 0 Å². The molecule has 1 aromatic carbocycles. The Bertz CT molecular complexity index is 451. The molecule has 0 saturated carbocycles. The Morgan fingerprint density at radius 2 is 2.10 bits per heavy atom. The van der Waals surface area contributed by atoms with Gasteiger partial charge < -0.3 is 25.2 Å². The first-order valence-corrected chi connectivity index (χ1v) is 6.39. The summed E-state index contributed by atoms with van der Waals surface area (Å²) in [4.78, 5) is 13.2. The molecule has 1 atom stereocenters. The van der Waals surface area contributed by atoms with Crippen LogP contribution in [0, 0.1) is 0 Å². The highest BCUT2D eigenvalue weighted by Gasteiger charge is 2.19. The zero-order valence-electron chi connectivity index (χ0n) is 12.1. The maximum Gasteiger partial charge on any atom is 0.337 e. The summed E-state index contributed by atoms with van der Waals surface area (Å²) < 4.78 is 10.3. The molecule has 0 saturated heterocycles. The molecule has 112 valence electrons. The second-order valence-electron chi connectivity index (χ2n) is 4.53. The van der Waals surface area contributed by atoms with Crippen molar-refractivity contribution < 1.29 is 19.4 Å². The van der Waals surface area contributed by atoms with Gasteiger partial charge in [0.2, 0.25) is 0 Å². The number of rotatable bonds is 8. The lowest BCUT2D eigenvalue weighted by molar-refractivity contribution is 0.0698. The molecule has 1 rings (SSSR count). The summed E-state index contributed by atoms with van der Waals surface area (Å²) in [6.45, 7) is 3.63. The Morgan fingerprint density at radius 1 is 1.40 bits per heavy atom. The third-order valence-electron chi connectivity index (χ3n) is 3.10. The van der Waals surface area contributed by atoms with Gasteiger partial charge in [0.25, 0.3) is 0 Å². The molecule has 1 unspecified atom stereocenters. The van der Waals surface area contributed by atoms with E-state index < -0.39 is 5.97 Å². The van der Waals surface area contributed by atoms with E-state index in [-0.39, 0.29) is 17.3 Å². The van der Waals surface area contributed by atoms with Gasteiger partial charge in [-0.3, -0.25) is 0 Å². The van der Waals surface area contributed by atoms with Gasteiger partial charge in [0.15, 0.2) is 0 Å². The van der Waals surface area contributed by atoms with Gasteiger partial charge in [0, 0.05) is 26.8 Å². The molecule has 6 heteroatoms. The van der Waals surface area contributed by atoms with E-state index in [1.807, 2.05) is 17.9 Å². The molecule has 0 aliphatic heterocycles. The van der Waals surface area contributed by atoms with Crippen LogP contribution in [0.2, 0.25) is 0 Å². The van der Waals surface area contributed by atoms with Gasteiger partial charge in [-0.25, -0.2) is 4.79 Å². The zero-order chi connectivity index (χ0) is 15.1. The lowest BCUT2D eigenvalue weighted by Gasteiger charge is -2.32. The van der Waals surface area contributed by atoms with Gasteiger partial charge in [-0.2, -0.15) is 0 Å². The first-order chi connectivity index (χ1) is 9.52. The summed E-state index contributed by atoms with van der Waals surface area (Å²) in [6.07, 6.45) is 0. The van der Waals surface area contributed by atoms with Crippen molar-refractivity contribution in [1.29, 1.82) is 0 Å². The van der Waals surface area contributed by atoms with Crippen molar-refractivity contribution in [2.45, 2.75) is 13.0 Å². The fourth-order valence-electron chi connectivity index (χ4n) is 2.09. The molecule has 0 spiro atoms. The molecule has 0 aliphatic rings. The fraction of sp³-hybridized carbons (Fsp3) is 0.500. The Morgan fingerprint density at radius 3 is 2.65 bits per heavy atom. The normalized spacial score (nSPS) is 12.2. The Balaban J connectivity index is 3.12.